The fourth-order valence-corrected chi connectivity index (χ4v) is 2.86. The number of carbonyl (C=O) groups is 1. The standard InChI is InChI=1S/C15H13N3OS/c1-2-14(19)17-11-5-6-12-13(8-11)20-15(18-12)10-4-3-7-16-9-10/h3-9H,2H2,1H3,(H,17,19). The van der Waals surface area contributed by atoms with Crippen LogP contribution in [0.25, 0.3) is 20.8 Å². The van der Waals surface area contributed by atoms with Crippen molar-refractivity contribution >= 4 is 33.1 Å². The minimum absolute atomic E-state index is 0.0151. The van der Waals surface area contributed by atoms with Gasteiger partial charge in [0.2, 0.25) is 5.91 Å². The molecular formula is C15H13N3OS. The zero-order valence-electron chi connectivity index (χ0n) is 11.0. The van der Waals surface area contributed by atoms with Gasteiger partial charge in [0.05, 0.1) is 10.2 Å². The maximum Gasteiger partial charge on any atom is 0.224 e. The smallest absolute Gasteiger partial charge is 0.224 e. The van der Waals surface area contributed by atoms with Crippen LogP contribution < -0.4 is 5.32 Å². The molecule has 3 aromatic rings. The summed E-state index contributed by atoms with van der Waals surface area (Å²) in [5.74, 6) is 0.0151. The van der Waals surface area contributed by atoms with Crippen LogP contribution in [0.4, 0.5) is 5.69 Å². The molecule has 0 radical (unpaired) electrons. The van der Waals surface area contributed by atoms with Gasteiger partial charge in [0.1, 0.15) is 5.01 Å². The summed E-state index contributed by atoms with van der Waals surface area (Å²) >= 11 is 1.60. The summed E-state index contributed by atoms with van der Waals surface area (Å²) in [4.78, 5) is 20.1. The van der Waals surface area contributed by atoms with Gasteiger partial charge in [-0.15, -0.1) is 11.3 Å². The van der Waals surface area contributed by atoms with E-state index in [0.717, 1.165) is 26.5 Å². The molecule has 1 amide bonds. The maximum absolute atomic E-state index is 11.4. The van der Waals surface area contributed by atoms with Crippen LogP contribution in [0, 0.1) is 0 Å². The Morgan fingerprint density at radius 3 is 3.00 bits per heavy atom. The van der Waals surface area contributed by atoms with E-state index in [9.17, 15) is 4.79 Å². The number of aromatic nitrogens is 2. The molecule has 1 N–H and O–H groups in total. The summed E-state index contributed by atoms with van der Waals surface area (Å²) in [6.07, 6.45) is 4.02. The molecule has 0 fully saturated rings. The molecule has 3 rings (SSSR count). The van der Waals surface area contributed by atoms with E-state index in [2.05, 4.69) is 15.3 Å². The Kier molecular flexibility index (Phi) is 3.43. The van der Waals surface area contributed by atoms with E-state index in [0.29, 0.717) is 6.42 Å². The first kappa shape index (κ1) is 12.7. The number of fused-ring (bicyclic) bond motifs is 1. The maximum atomic E-state index is 11.4. The number of thiazole rings is 1. The van der Waals surface area contributed by atoms with Crippen LogP contribution in [0.5, 0.6) is 0 Å². The van der Waals surface area contributed by atoms with E-state index in [1.165, 1.54) is 0 Å². The van der Waals surface area contributed by atoms with Crippen molar-refractivity contribution in [1.29, 1.82) is 0 Å². The number of anilines is 1. The van der Waals surface area contributed by atoms with Gasteiger partial charge in [0.25, 0.3) is 0 Å². The topological polar surface area (TPSA) is 54.9 Å². The summed E-state index contributed by atoms with van der Waals surface area (Å²) in [6, 6.07) is 9.65. The lowest BCUT2D eigenvalue weighted by atomic mass is 10.3. The second-order valence-electron chi connectivity index (χ2n) is 4.34. The molecule has 100 valence electrons. The molecule has 0 aliphatic carbocycles. The summed E-state index contributed by atoms with van der Waals surface area (Å²) in [5.41, 5.74) is 2.75. The monoisotopic (exact) mass is 283 g/mol. The van der Waals surface area contributed by atoms with E-state index >= 15 is 0 Å². The minimum Gasteiger partial charge on any atom is -0.326 e. The van der Waals surface area contributed by atoms with Crippen molar-refractivity contribution < 1.29 is 4.79 Å². The zero-order chi connectivity index (χ0) is 13.9. The van der Waals surface area contributed by atoms with Gasteiger partial charge in [-0.05, 0) is 30.3 Å². The van der Waals surface area contributed by atoms with Gasteiger partial charge < -0.3 is 5.32 Å². The van der Waals surface area contributed by atoms with Gasteiger partial charge in [0.15, 0.2) is 0 Å². The molecule has 4 nitrogen and oxygen atoms in total. The van der Waals surface area contributed by atoms with Crippen LogP contribution in [-0.2, 0) is 4.79 Å². The molecule has 0 atom stereocenters. The third-order valence-corrected chi connectivity index (χ3v) is 3.97. The molecule has 20 heavy (non-hydrogen) atoms. The van der Waals surface area contributed by atoms with Gasteiger partial charge in [-0.3, -0.25) is 9.78 Å². The van der Waals surface area contributed by atoms with E-state index in [-0.39, 0.29) is 5.91 Å². The highest BCUT2D eigenvalue weighted by molar-refractivity contribution is 7.21. The third kappa shape index (κ3) is 2.53. The number of rotatable bonds is 3. The van der Waals surface area contributed by atoms with Crippen LogP contribution in [-0.4, -0.2) is 15.9 Å². The summed E-state index contributed by atoms with van der Waals surface area (Å²) in [5, 5.41) is 3.80. The Balaban J connectivity index is 1.97. The van der Waals surface area contributed by atoms with Crippen molar-refractivity contribution in [2.45, 2.75) is 13.3 Å². The molecule has 0 unspecified atom stereocenters. The molecule has 5 heteroatoms. The second kappa shape index (κ2) is 5.38. The summed E-state index contributed by atoms with van der Waals surface area (Å²) in [7, 11) is 0. The quantitative estimate of drug-likeness (QED) is 0.797. The number of hydrogen-bond acceptors (Lipinski definition) is 4. The molecule has 0 spiro atoms. The molecule has 0 saturated heterocycles. The largest absolute Gasteiger partial charge is 0.326 e. The third-order valence-electron chi connectivity index (χ3n) is 2.90. The second-order valence-corrected chi connectivity index (χ2v) is 5.38. The normalized spacial score (nSPS) is 10.7. The number of hydrogen-bond donors (Lipinski definition) is 1. The first-order valence-corrected chi connectivity index (χ1v) is 7.19. The number of pyridine rings is 1. The minimum atomic E-state index is 0.0151. The van der Waals surface area contributed by atoms with Crippen molar-refractivity contribution in [2.24, 2.45) is 0 Å². The Bertz CT molecular complexity index is 752. The molecule has 0 aliphatic rings. The summed E-state index contributed by atoms with van der Waals surface area (Å²) < 4.78 is 1.05. The van der Waals surface area contributed by atoms with Gasteiger partial charge >= 0.3 is 0 Å². The van der Waals surface area contributed by atoms with E-state index in [1.54, 1.807) is 23.7 Å². The highest BCUT2D eigenvalue weighted by Crippen LogP contribution is 2.31. The highest BCUT2D eigenvalue weighted by atomic mass is 32.1. The van der Waals surface area contributed by atoms with Crippen molar-refractivity contribution in [3.05, 3.63) is 42.7 Å². The van der Waals surface area contributed by atoms with Crippen LogP contribution in [0.2, 0.25) is 0 Å². The number of amides is 1. The highest BCUT2D eigenvalue weighted by Gasteiger charge is 2.07. The van der Waals surface area contributed by atoms with Crippen LogP contribution >= 0.6 is 11.3 Å². The lowest BCUT2D eigenvalue weighted by molar-refractivity contribution is -0.115. The number of carbonyl (C=O) groups excluding carboxylic acids is 1. The molecule has 2 heterocycles. The molecular weight excluding hydrogens is 270 g/mol. The zero-order valence-corrected chi connectivity index (χ0v) is 11.8. The Labute approximate surface area is 120 Å². The lowest BCUT2D eigenvalue weighted by Crippen LogP contribution is -2.08. The average molecular weight is 283 g/mol. The van der Waals surface area contributed by atoms with Gasteiger partial charge in [-0.1, -0.05) is 6.92 Å². The fourth-order valence-electron chi connectivity index (χ4n) is 1.86. The van der Waals surface area contributed by atoms with Crippen molar-refractivity contribution in [2.75, 3.05) is 5.32 Å². The van der Waals surface area contributed by atoms with Crippen LogP contribution in [0.15, 0.2) is 42.7 Å². The predicted octanol–water partition coefficient (Wildman–Crippen LogP) is 3.71. The summed E-state index contributed by atoms with van der Waals surface area (Å²) in [6.45, 7) is 1.83. The van der Waals surface area contributed by atoms with Gasteiger partial charge in [-0.2, -0.15) is 0 Å². The molecule has 2 aromatic heterocycles. The molecule has 1 aromatic carbocycles. The van der Waals surface area contributed by atoms with E-state index < -0.39 is 0 Å². The van der Waals surface area contributed by atoms with E-state index in [1.807, 2.05) is 37.3 Å². The van der Waals surface area contributed by atoms with Gasteiger partial charge in [0, 0.05) is 30.1 Å². The predicted molar refractivity (Wildman–Crippen MR) is 81.8 cm³/mol. The molecule has 0 bridgehead atoms. The molecule has 0 saturated carbocycles. The SMILES string of the molecule is CCC(=O)Nc1ccc2nc(-c3cccnc3)sc2c1. The Morgan fingerprint density at radius 1 is 1.35 bits per heavy atom. The number of nitrogens with one attached hydrogen (secondary N) is 1. The average Bonchev–Trinajstić information content (AvgIpc) is 2.91. The van der Waals surface area contributed by atoms with Crippen molar-refractivity contribution in [1.82, 2.24) is 9.97 Å². The Morgan fingerprint density at radius 2 is 2.25 bits per heavy atom. The first-order chi connectivity index (χ1) is 9.76. The lowest BCUT2D eigenvalue weighted by Gasteiger charge is -2.02. The van der Waals surface area contributed by atoms with Crippen LogP contribution in [0.1, 0.15) is 13.3 Å². The Hall–Kier alpha value is -2.27. The first-order valence-electron chi connectivity index (χ1n) is 6.37. The van der Waals surface area contributed by atoms with Crippen molar-refractivity contribution in [3.8, 4) is 10.6 Å². The fraction of sp³-hybridized carbons (Fsp3) is 0.133. The number of benzene rings is 1. The van der Waals surface area contributed by atoms with Crippen LogP contribution in [0.3, 0.4) is 0 Å². The van der Waals surface area contributed by atoms with Gasteiger partial charge in [-0.25, -0.2) is 4.98 Å². The number of nitrogens with zero attached hydrogens (tertiary/aromatic N) is 2. The van der Waals surface area contributed by atoms with E-state index in [4.69, 9.17) is 0 Å². The molecule has 0 aliphatic heterocycles. The van der Waals surface area contributed by atoms with Crippen molar-refractivity contribution in [3.63, 3.8) is 0 Å².